The molecule has 0 aromatic heterocycles. The predicted molar refractivity (Wildman–Crippen MR) is 69.1 cm³/mol. The standard InChI is InChI=1S/C11H26N2O2Si/c1-11(16(14-2)15-3)5-4-8-13-9-6-12-7-10-13/h11-12,16H,4-10H2,1-3H3. The fraction of sp³-hybridized carbons (Fsp3) is 1.00. The summed E-state index contributed by atoms with van der Waals surface area (Å²) in [6.07, 6.45) is 2.49. The number of hydrogen-bond acceptors (Lipinski definition) is 4. The first kappa shape index (κ1) is 14.1. The average Bonchev–Trinajstić information content (AvgIpc) is 2.32. The molecule has 0 aromatic rings. The van der Waals surface area contributed by atoms with Crippen LogP contribution < -0.4 is 5.32 Å². The van der Waals surface area contributed by atoms with E-state index in [4.69, 9.17) is 8.85 Å². The van der Waals surface area contributed by atoms with Crippen molar-refractivity contribution in [1.82, 2.24) is 10.2 Å². The lowest BCUT2D eigenvalue weighted by atomic mass is 10.2. The van der Waals surface area contributed by atoms with Crippen molar-refractivity contribution >= 4 is 9.28 Å². The van der Waals surface area contributed by atoms with Crippen molar-refractivity contribution in [2.75, 3.05) is 46.9 Å². The first-order chi connectivity index (χ1) is 7.77. The van der Waals surface area contributed by atoms with Crippen molar-refractivity contribution in [1.29, 1.82) is 0 Å². The molecule has 0 aliphatic carbocycles. The van der Waals surface area contributed by atoms with E-state index in [9.17, 15) is 0 Å². The van der Waals surface area contributed by atoms with E-state index in [1.807, 2.05) is 0 Å². The molecule has 5 heteroatoms. The number of hydrogen-bond donors (Lipinski definition) is 1. The van der Waals surface area contributed by atoms with Crippen LogP contribution in [0.15, 0.2) is 0 Å². The molecule has 96 valence electrons. The Morgan fingerprint density at radius 3 is 2.44 bits per heavy atom. The zero-order chi connectivity index (χ0) is 11.8. The molecule has 1 unspecified atom stereocenters. The van der Waals surface area contributed by atoms with E-state index in [2.05, 4.69) is 17.1 Å². The van der Waals surface area contributed by atoms with Crippen LogP contribution in [0, 0.1) is 0 Å². The van der Waals surface area contributed by atoms with Crippen LogP contribution in [-0.2, 0) is 8.85 Å². The highest BCUT2D eigenvalue weighted by molar-refractivity contribution is 6.46. The van der Waals surface area contributed by atoms with Crippen molar-refractivity contribution in [2.45, 2.75) is 25.3 Å². The molecule has 0 radical (unpaired) electrons. The summed E-state index contributed by atoms with van der Waals surface area (Å²) < 4.78 is 10.8. The maximum Gasteiger partial charge on any atom is 0.323 e. The van der Waals surface area contributed by atoms with E-state index in [-0.39, 0.29) is 0 Å². The van der Waals surface area contributed by atoms with Crippen molar-refractivity contribution in [3.63, 3.8) is 0 Å². The second-order valence-corrected chi connectivity index (χ2v) is 7.37. The Morgan fingerprint density at radius 2 is 1.88 bits per heavy atom. The molecule has 1 aliphatic heterocycles. The van der Waals surface area contributed by atoms with E-state index in [1.54, 1.807) is 14.2 Å². The van der Waals surface area contributed by atoms with Crippen molar-refractivity contribution in [3.8, 4) is 0 Å². The van der Waals surface area contributed by atoms with Crippen LogP contribution in [0.3, 0.4) is 0 Å². The highest BCUT2D eigenvalue weighted by Gasteiger charge is 2.19. The van der Waals surface area contributed by atoms with Crippen molar-refractivity contribution < 1.29 is 8.85 Å². The zero-order valence-corrected chi connectivity index (χ0v) is 12.0. The summed E-state index contributed by atoms with van der Waals surface area (Å²) in [6.45, 7) is 8.15. The molecule has 16 heavy (non-hydrogen) atoms. The van der Waals surface area contributed by atoms with E-state index in [0.29, 0.717) is 5.54 Å². The Labute approximate surface area is 101 Å². The minimum Gasteiger partial charge on any atom is -0.400 e. The number of piperazine rings is 1. The second kappa shape index (κ2) is 8.19. The molecule has 1 aliphatic rings. The van der Waals surface area contributed by atoms with Gasteiger partial charge < -0.3 is 19.1 Å². The molecule has 4 nitrogen and oxygen atoms in total. The van der Waals surface area contributed by atoms with Gasteiger partial charge in [-0.3, -0.25) is 0 Å². The summed E-state index contributed by atoms with van der Waals surface area (Å²) >= 11 is 0. The number of rotatable bonds is 7. The Kier molecular flexibility index (Phi) is 7.23. The molecule has 1 saturated heterocycles. The van der Waals surface area contributed by atoms with E-state index in [1.165, 1.54) is 32.5 Å². The van der Waals surface area contributed by atoms with Crippen molar-refractivity contribution in [3.05, 3.63) is 0 Å². The van der Waals surface area contributed by atoms with Crippen LogP contribution in [0.25, 0.3) is 0 Å². The fourth-order valence-corrected chi connectivity index (χ4v) is 3.90. The molecule has 0 bridgehead atoms. The fourth-order valence-electron chi connectivity index (χ4n) is 2.27. The molecule has 1 rings (SSSR count). The van der Waals surface area contributed by atoms with Crippen LogP contribution in [-0.4, -0.2) is 61.1 Å². The summed E-state index contributed by atoms with van der Waals surface area (Å²) in [4.78, 5) is 2.54. The van der Waals surface area contributed by atoms with Gasteiger partial charge in [-0.25, -0.2) is 0 Å². The van der Waals surface area contributed by atoms with Gasteiger partial charge in [-0.15, -0.1) is 0 Å². The summed E-state index contributed by atoms with van der Waals surface area (Å²) in [5.41, 5.74) is 0.609. The molecule has 1 heterocycles. The Hall–Kier alpha value is 0.0569. The van der Waals surface area contributed by atoms with Gasteiger partial charge >= 0.3 is 9.28 Å². The molecule has 1 atom stereocenters. The molecule has 0 aromatic carbocycles. The van der Waals surface area contributed by atoms with Crippen molar-refractivity contribution in [2.24, 2.45) is 0 Å². The van der Waals surface area contributed by atoms with E-state index >= 15 is 0 Å². The normalized spacial score (nSPS) is 20.2. The average molecular weight is 246 g/mol. The maximum atomic E-state index is 5.40. The number of nitrogens with zero attached hydrogens (tertiary/aromatic N) is 1. The summed E-state index contributed by atoms with van der Waals surface area (Å²) in [5, 5.41) is 3.38. The topological polar surface area (TPSA) is 33.7 Å². The lowest BCUT2D eigenvalue weighted by Crippen LogP contribution is -2.43. The molecule has 1 fully saturated rings. The third-order valence-electron chi connectivity index (χ3n) is 3.27. The highest BCUT2D eigenvalue weighted by atomic mass is 28.3. The summed E-state index contributed by atoms with van der Waals surface area (Å²) in [6, 6.07) is 0. The predicted octanol–water partition coefficient (Wildman–Crippen LogP) is 0.575. The molecule has 0 saturated carbocycles. The molecule has 1 N–H and O–H groups in total. The Bertz CT molecular complexity index is 173. The van der Waals surface area contributed by atoms with Gasteiger partial charge in [-0.05, 0) is 24.9 Å². The highest BCUT2D eigenvalue weighted by Crippen LogP contribution is 2.17. The van der Waals surface area contributed by atoms with E-state index < -0.39 is 9.28 Å². The van der Waals surface area contributed by atoms with E-state index in [0.717, 1.165) is 13.1 Å². The Morgan fingerprint density at radius 1 is 1.25 bits per heavy atom. The van der Waals surface area contributed by atoms with Crippen LogP contribution in [0.4, 0.5) is 0 Å². The lowest BCUT2D eigenvalue weighted by molar-refractivity contribution is 0.231. The first-order valence-corrected chi connectivity index (χ1v) is 7.87. The smallest absolute Gasteiger partial charge is 0.323 e. The van der Waals surface area contributed by atoms with Gasteiger partial charge in [-0.2, -0.15) is 0 Å². The summed E-state index contributed by atoms with van der Waals surface area (Å²) in [7, 11) is 2.15. The van der Waals surface area contributed by atoms with Gasteiger partial charge in [0.25, 0.3) is 0 Å². The van der Waals surface area contributed by atoms with Crippen LogP contribution >= 0.6 is 0 Å². The zero-order valence-electron chi connectivity index (χ0n) is 10.9. The quantitative estimate of drug-likeness (QED) is 0.666. The third-order valence-corrected chi connectivity index (χ3v) is 5.46. The van der Waals surface area contributed by atoms with Gasteiger partial charge in [0.1, 0.15) is 0 Å². The minimum absolute atomic E-state index is 0.609. The van der Waals surface area contributed by atoms with Gasteiger partial charge in [-0.1, -0.05) is 6.92 Å². The lowest BCUT2D eigenvalue weighted by Gasteiger charge is -2.27. The second-order valence-electron chi connectivity index (χ2n) is 4.55. The van der Waals surface area contributed by atoms with Crippen LogP contribution in [0.1, 0.15) is 19.8 Å². The minimum atomic E-state index is -1.39. The molecule has 0 amide bonds. The molecular weight excluding hydrogens is 220 g/mol. The van der Waals surface area contributed by atoms with Crippen LogP contribution in [0.5, 0.6) is 0 Å². The number of nitrogens with one attached hydrogen (secondary N) is 1. The van der Waals surface area contributed by atoms with Gasteiger partial charge in [0.15, 0.2) is 0 Å². The van der Waals surface area contributed by atoms with Crippen LogP contribution in [0.2, 0.25) is 5.54 Å². The van der Waals surface area contributed by atoms with Gasteiger partial charge in [0.2, 0.25) is 0 Å². The third kappa shape index (κ3) is 4.93. The first-order valence-electron chi connectivity index (χ1n) is 6.26. The summed E-state index contributed by atoms with van der Waals surface area (Å²) in [5.74, 6) is 0. The maximum absolute atomic E-state index is 5.40. The Balaban J connectivity index is 2.09. The molecule has 0 spiro atoms. The van der Waals surface area contributed by atoms with Gasteiger partial charge in [0, 0.05) is 40.4 Å². The molecular formula is C11H26N2O2Si. The largest absolute Gasteiger partial charge is 0.400 e. The van der Waals surface area contributed by atoms with Gasteiger partial charge in [0.05, 0.1) is 0 Å². The monoisotopic (exact) mass is 246 g/mol. The SMILES string of the molecule is CO[SiH](OC)C(C)CCCN1CCNCC1.